The number of methoxy groups -OCH3 is 1. The molecule has 2 bridgehead atoms. The molecule has 1 atom stereocenters. The molecule has 1 aromatic rings. The molecule has 4 heteroatoms. The molecule has 0 amide bonds. The number of carboxylic acid groups (broad SMARTS) is 1. The van der Waals surface area contributed by atoms with Crippen molar-refractivity contribution in [3.63, 3.8) is 0 Å². The number of carboxylic acids is 1. The summed E-state index contributed by atoms with van der Waals surface area (Å²) < 4.78 is 5.15. The molecule has 25 heavy (non-hydrogen) atoms. The molecule has 0 radical (unpaired) electrons. The number of hydrogen-bond donors (Lipinski definition) is 2. The SMILES string of the molecule is C=CCc1ccccc1OC.CC1=CNC2=CC1C=CC=C2C(=O)O. The maximum atomic E-state index is 10.9. The zero-order valence-corrected chi connectivity index (χ0v) is 14.5. The van der Waals surface area contributed by atoms with Gasteiger partial charge in [0.1, 0.15) is 5.75 Å². The second-order valence-corrected chi connectivity index (χ2v) is 5.71. The average Bonchev–Trinajstić information content (AvgIpc) is 2.79. The number of benzene rings is 1. The summed E-state index contributed by atoms with van der Waals surface area (Å²) in [6.45, 7) is 5.69. The van der Waals surface area contributed by atoms with E-state index in [1.165, 1.54) is 11.1 Å². The van der Waals surface area contributed by atoms with Crippen molar-refractivity contribution in [2.24, 2.45) is 5.92 Å². The van der Waals surface area contributed by atoms with Crippen molar-refractivity contribution in [2.75, 3.05) is 7.11 Å². The van der Waals surface area contributed by atoms with E-state index in [4.69, 9.17) is 9.84 Å². The summed E-state index contributed by atoms with van der Waals surface area (Å²) in [5.41, 5.74) is 3.36. The highest BCUT2D eigenvalue weighted by Gasteiger charge is 2.19. The highest BCUT2D eigenvalue weighted by atomic mass is 16.5. The van der Waals surface area contributed by atoms with E-state index in [2.05, 4.69) is 11.9 Å². The first kappa shape index (κ1) is 18.3. The van der Waals surface area contributed by atoms with Gasteiger partial charge in [-0.15, -0.1) is 6.58 Å². The molecule has 0 fully saturated rings. The van der Waals surface area contributed by atoms with E-state index < -0.39 is 5.97 Å². The Bertz CT molecular complexity index is 769. The standard InChI is InChI=1S/C11H11NO2.C10H12O/c1-7-6-12-10-5-8(7)3-2-4-9(10)11(13)14;1-3-6-9-7-4-5-8-10(9)11-2/h2-6,8,12H,1H3,(H,13,14);3-5,7-8H,1,6H2,2H3. The fourth-order valence-corrected chi connectivity index (χ4v) is 2.60. The summed E-state index contributed by atoms with van der Waals surface area (Å²) in [6, 6.07) is 7.96. The Morgan fingerprint density at radius 1 is 1.40 bits per heavy atom. The van der Waals surface area contributed by atoms with Gasteiger partial charge in [-0.05, 0) is 42.7 Å². The van der Waals surface area contributed by atoms with Gasteiger partial charge in [-0.2, -0.15) is 0 Å². The van der Waals surface area contributed by atoms with Crippen molar-refractivity contribution in [1.29, 1.82) is 0 Å². The third-order valence-electron chi connectivity index (χ3n) is 3.99. The molecule has 2 N–H and O–H groups in total. The lowest BCUT2D eigenvalue weighted by molar-refractivity contribution is -0.132. The van der Waals surface area contributed by atoms with Crippen molar-refractivity contribution in [2.45, 2.75) is 13.3 Å². The van der Waals surface area contributed by atoms with Gasteiger partial charge < -0.3 is 15.2 Å². The molecular formula is C21H23NO3. The van der Waals surface area contributed by atoms with Crippen molar-refractivity contribution < 1.29 is 14.6 Å². The Kier molecular flexibility index (Phi) is 6.40. The minimum atomic E-state index is -0.901. The lowest BCUT2D eigenvalue weighted by Crippen LogP contribution is -2.19. The van der Waals surface area contributed by atoms with Crippen LogP contribution in [0.15, 0.2) is 84.3 Å². The van der Waals surface area contributed by atoms with Crippen molar-refractivity contribution in [3.8, 4) is 5.75 Å². The van der Waals surface area contributed by atoms with E-state index in [-0.39, 0.29) is 5.92 Å². The monoisotopic (exact) mass is 337 g/mol. The van der Waals surface area contributed by atoms with E-state index in [1.54, 1.807) is 19.3 Å². The van der Waals surface area contributed by atoms with E-state index in [0.717, 1.165) is 12.2 Å². The van der Waals surface area contributed by atoms with Crippen LogP contribution < -0.4 is 10.1 Å². The minimum Gasteiger partial charge on any atom is -0.496 e. The van der Waals surface area contributed by atoms with Crippen LogP contribution in [0, 0.1) is 5.92 Å². The van der Waals surface area contributed by atoms with Gasteiger partial charge in [-0.3, -0.25) is 0 Å². The molecule has 0 spiro atoms. The maximum absolute atomic E-state index is 10.9. The Hall–Kier alpha value is -3.01. The topological polar surface area (TPSA) is 58.6 Å². The maximum Gasteiger partial charge on any atom is 0.337 e. The Labute approximate surface area is 148 Å². The van der Waals surface area contributed by atoms with Crippen LogP contribution in [-0.2, 0) is 11.2 Å². The van der Waals surface area contributed by atoms with E-state index in [0.29, 0.717) is 11.3 Å². The van der Waals surface area contributed by atoms with Crippen molar-refractivity contribution in [1.82, 2.24) is 5.32 Å². The molecule has 3 rings (SSSR count). The molecular weight excluding hydrogens is 314 g/mol. The number of dihydropyridines is 1. The zero-order valence-electron chi connectivity index (χ0n) is 14.5. The number of fused-ring (bicyclic) bond motifs is 1. The smallest absolute Gasteiger partial charge is 0.337 e. The Morgan fingerprint density at radius 3 is 2.84 bits per heavy atom. The summed E-state index contributed by atoms with van der Waals surface area (Å²) in [5.74, 6) is 0.258. The van der Waals surface area contributed by atoms with Crippen LogP contribution in [0.2, 0.25) is 0 Å². The van der Waals surface area contributed by atoms with E-state index in [9.17, 15) is 4.79 Å². The van der Waals surface area contributed by atoms with Gasteiger partial charge in [0.25, 0.3) is 0 Å². The van der Waals surface area contributed by atoms with Gasteiger partial charge >= 0.3 is 5.97 Å². The highest BCUT2D eigenvalue weighted by Crippen LogP contribution is 2.25. The van der Waals surface area contributed by atoms with Crippen LogP contribution >= 0.6 is 0 Å². The fraction of sp³-hybridized carbons (Fsp3) is 0.190. The molecule has 0 aromatic heterocycles. The first-order valence-electron chi connectivity index (χ1n) is 8.06. The molecule has 1 heterocycles. The number of allylic oxidation sites excluding steroid dienone is 6. The minimum absolute atomic E-state index is 0.222. The first-order valence-corrected chi connectivity index (χ1v) is 8.06. The first-order chi connectivity index (χ1) is 12.1. The normalized spacial score (nSPS) is 17.5. The Morgan fingerprint density at radius 2 is 2.16 bits per heavy atom. The van der Waals surface area contributed by atoms with E-state index >= 15 is 0 Å². The average molecular weight is 337 g/mol. The predicted octanol–water partition coefficient (Wildman–Crippen LogP) is 4.00. The number of rotatable bonds is 4. The lowest BCUT2D eigenvalue weighted by atomic mass is 9.97. The molecule has 1 aliphatic heterocycles. The molecule has 1 aliphatic carbocycles. The largest absolute Gasteiger partial charge is 0.496 e. The van der Waals surface area contributed by atoms with Crippen LogP contribution in [0.25, 0.3) is 0 Å². The number of para-hydroxylation sites is 1. The number of ether oxygens (including phenoxy) is 1. The third-order valence-corrected chi connectivity index (χ3v) is 3.99. The molecule has 2 aliphatic rings. The summed E-state index contributed by atoms with van der Waals surface area (Å²) in [7, 11) is 1.68. The van der Waals surface area contributed by atoms with E-state index in [1.807, 2.05) is 55.6 Å². The molecule has 4 nitrogen and oxygen atoms in total. The molecule has 1 unspecified atom stereocenters. The van der Waals surface area contributed by atoms with Crippen LogP contribution in [-0.4, -0.2) is 18.2 Å². The van der Waals surface area contributed by atoms with Gasteiger partial charge in [0.05, 0.1) is 12.7 Å². The number of aliphatic carboxylic acids is 1. The van der Waals surface area contributed by atoms with Crippen LogP contribution in [0.3, 0.4) is 0 Å². The fourth-order valence-electron chi connectivity index (χ4n) is 2.60. The predicted molar refractivity (Wildman–Crippen MR) is 100 cm³/mol. The number of hydrogen-bond acceptors (Lipinski definition) is 3. The third kappa shape index (κ3) is 4.73. The summed E-state index contributed by atoms with van der Waals surface area (Å²) >= 11 is 0. The molecule has 1 aromatic carbocycles. The second-order valence-electron chi connectivity index (χ2n) is 5.71. The van der Waals surface area contributed by atoms with Crippen LogP contribution in [0.4, 0.5) is 0 Å². The van der Waals surface area contributed by atoms with Crippen molar-refractivity contribution >= 4 is 5.97 Å². The summed E-state index contributed by atoms with van der Waals surface area (Å²) in [5, 5.41) is 11.9. The Balaban J connectivity index is 0.000000186. The van der Waals surface area contributed by atoms with Gasteiger partial charge in [0.15, 0.2) is 0 Å². The van der Waals surface area contributed by atoms with Crippen LogP contribution in [0.5, 0.6) is 5.75 Å². The second kappa shape index (κ2) is 8.73. The van der Waals surface area contributed by atoms with Gasteiger partial charge in [0.2, 0.25) is 0 Å². The summed E-state index contributed by atoms with van der Waals surface area (Å²) in [6.07, 6.45) is 11.9. The molecule has 0 saturated heterocycles. The van der Waals surface area contributed by atoms with Crippen molar-refractivity contribution in [3.05, 3.63) is 89.8 Å². The number of nitrogens with one attached hydrogen (secondary N) is 1. The molecule has 130 valence electrons. The molecule has 0 saturated carbocycles. The summed E-state index contributed by atoms with van der Waals surface area (Å²) in [4.78, 5) is 10.9. The quantitative estimate of drug-likeness (QED) is 0.816. The lowest BCUT2D eigenvalue weighted by Gasteiger charge is -2.18. The van der Waals surface area contributed by atoms with Gasteiger partial charge in [0, 0.05) is 17.8 Å². The number of carbonyl (C=O) groups is 1. The van der Waals surface area contributed by atoms with Gasteiger partial charge in [-0.1, -0.05) is 36.4 Å². The highest BCUT2D eigenvalue weighted by molar-refractivity contribution is 5.92. The van der Waals surface area contributed by atoms with Gasteiger partial charge in [-0.25, -0.2) is 4.79 Å². The van der Waals surface area contributed by atoms with Crippen LogP contribution in [0.1, 0.15) is 12.5 Å². The zero-order chi connectivity index (χ0) is 18.2.